The number of hydrogen-bond donors (Lipinski definition) is 1. The molecule has 12 heavy (non-hydrogen) atoms. The van der Waals surface area contributed by atoms with Crippen molar-refractivity contribution >= 4 is 22.2 Å². The van der Waals surface area contributed by atoms with Gasteiger partial charge in [0.2, 0.25) is 0 Å². The Morgan fingerprint density at radius 3 is 2.75 bits per heavy atom. The summed E-state index contributed by atoms with van der Waals surface area (Å²) in [5.41, 5.74) is 1.32. The number of benzene rings is 1. The minimum absolute atomic E-state index is 0.0463. The highest BCUT2D eigenvalue weighted by Gasteiger charge is 2.04. The van der Waals surface area contributed by atoms with Gasteiger partial charge >= 0.3 is 0 Å². The highest BCUT2D eigenvalue weighted by Crippen LogP contribution is 2.25. The first-order valence-electron chi connectivity index (χ1n) is 3.65. The van der Waals surface area contributed by atoms with Gasteiger partial charge in [-0.2, -0.15) is 0 Å². The molecule has 1 N–H and O–H groups in total. The Bertz CT molecular complexity index is 308. The minimum atomic E-state index is 0.0463. The predicted molar refractivity (Wildman–Crippen MR) is 50.6 cm³/mol. The van der Waals surface area contributed by atoms with E-state index < -0.39 is 0 Å². The van der Waals surface area contributed by atoms with Gasteiger partial charge in [-0.3, -0.25) is 4.79 Å². The summed E-state index contributed by atoms with van der Waals surface area (Å²) in [4.78, 5) is 10.4. The number of carbonyl (C=O) groups is 1. The van der Waals surface area contributed by atoms with Gasteiger partial charge in [0.05, 0.1) is 5.56 Å². The summed E-state index contributed by atoms with van der Waals surface area (Å²) < 4.78 is 0.866. The fraction of sp³-hybridized carbons (Fsp3) is 0.222. The Morgan fingerprint density at radius 1 is 1.58 bits per heavy atom. The molecule has 0 amide bonds. The van der Waals surface area contributed by atoms with Crippen LogP contribution in [0.15, 0.2) is 16.6 Å². The van der Waals surface area contributed by atoms with Crippen molar-refractivity contribution in [1.29, 1.82) is 0 Å². The summed E-state index contributed by atoms with van der Waals surface area (Å²) in [6.45, 7) is 1.99. The van der Waals surface area contributed by atoms with E-state index in [2.05, 4.69) is 15.9 Å². The summed E-state index contributed by atoms with van der Waals surface area (Å²) in [6.07, 6.45) is 1.47. The lowest BCUT2D eigenvalue weighted by molar-refractivity contribution is 0.112. The van der Waals surface area contributed by atoms with E-state index in [9.17, 15) is 9.90 Å². The fourth-order valence-electron chi connectivity index (χ4n) is 0.986. The van der Waals surface area contributed by atoms with Crippen LogP contribution in [0.1, 0.15) is 22.8 Å². The zero-order chi connectivity index (χ0) is 9.14. The molecule has 0 fully saturated rings. The Balaban J connectivity index is 3.25. The second-order valence-corrected chi connectivity index (χ2v) is 3.33. The average Bonchev–Trinajstić information content (AvgIpc) is 2.08. The first-order chi connectivity index (χ1) is 5.69. The molecule has 0 aliphatic rings. The standard InChI is InChI=1S/C9H9BrO2/c1-2-6-4-9(12)7(5-11)3-8(6)10/h3-5,12H,2H2,1H3. The maximum absolute atomic E-state index is 10.4. The van der Waals surface area contributed by atoms with Gasteiger partial charge in [-0.25, -0.2) is 0 Å². The second-order valence-electron chi connectivity index (χ2n) is 2.47. The lowest BCUT2D eigenvalue weighted by atomic mass is 10.1. The number of phenolic OH excluding ortho intramolecular Hbond substituents is 1. The molecule has 0 bridgehead atoms. The Morgan fingerprint density at radius 2 is 2.25 bits per heavy atom. The number of phenols is 1. The van der Waals surface area contributed by atoms with Crippen LogP contribution >= 0.6 is 15.9 Å². The molecule has 0 aliphatic carbocycles. The van der Waals surface area contributed by atoms with Crippen molar-refractivity contribution in [2.24, 2.45) is 0 Å². The number of aryl methyl sites for hydroxylation is 1. The van der Waals surface area contributed by atoms with Crippen molar-refractivity contribution in [2.45, 2.75) is 13.3 Å². The van der Waals surface area contributed by atoms with Crippen LogP contribution in [0.4, 0.5) is 0 Å². The van der Waals surface area contributed by atoms with Crippen molar-refractivity contribution in [1.82, 2.24) is 0 Å². The maximum atomic E-state index is 10.4. The normalized spacial score (nSPS) is 9.83. The average molecular weight is 229 g/mol. The van der Waals surface area contributed by atoms with E-state index in [1.807, 2.05) is 6.92 Å². The molecule has 0 saturated heterocycles. The van der Waals surface area contributed by atoms with E-state index in [1.165, 1.54) is 0 Å². The van der Waals surface area contributed by atoms with Crippen LogP contribution in [0.25, 0.3) is 0 Å². The molecule has 0 heterocycles. The molecular weight excluding hydrogens is 220 g/mol. The van der Waals surface area contributed by atoms with Crippen LogP contribution in [-0.2, 0) is 6.42 Å². The van der Waals surface area contributed by atoms with Crippen LogP contribution in [0.3, 0.4) is 0 Å². The summed E-state index contributed by atoms with van der Waals surface area (Å²) in [5, 5.41) is 9.29. The first-order valence-corrected chi connectivity index (χ1v) is 4.45. The first kappa shape index (κ1) is 9.26. The highest BCUT2D eigenvalue weighted by molar-refractivity contribution is 9.10. The molecule has 0 unspecified atom stereocenters. The molecule has 1 aromatic carbocycles. The quantitative estimate of drug-likeness (QED) is 0.791. The Hall–Kier alpha value is -0.830. The van der Waals surface area contributed by atoms with Crippen LogP contribution in [0.5, 0.6) is 5.75 Å². The summed E-state index contributed by atoms with van der Waals surface area (Å²) in [7, 11) is 0. The lowest BCUT2D eigenvalue weighted by Crippen LogP contribution is -1.87. The third-order valence-electron chi connectivity index (χ3n) is 1.70. The van der Waals surface area contributed by atoms with Gasteiger partial charge in [-0.1, -0.05) is 22.9 Å². The van der Waals surface area contributed by atoms with Crippen LogP contribution in [0.2, 0.25) is 0 Å². The zero-order valence-electron chi connectivity index (χ0n) is 6.67. The van der Waals surface area contributed by atoms with Crippen molar-refractivity contribution < 1.29 is 9.90 Å². The number of halogens is 1. The van der Waals surface area contributed by atoms with Gasteiger partial charge in [0.1, 0.15) is 5.75 Å². The molecule has 3 heteroatoms. The van der Waals surface area contributed by atoms with E-state index in [4.69, 9.17) is 0 Å². The molecule has 0 saturated carbocycles. The minimum Gasteiger partial charge on any atom is -0.507 e. The Kier molecular flexibility index (Phi) is 2.87. The Labute approximate surface area is 79.3 Å². The van der Waals surface area contributed by atoms with Crippen molar-refractivity contribution in [2.75, 3.05) is 0 Å². The van der Waals surface area contributed by atoms with Crippen LogP contribution in [0, 0.1) is 0 Å². The topological polar surface area (TPSA) is 37.3 Å². The zero-order valence-corrected chi connectivity index (χ0v) is 8.26. The molecule has 0 aliphatic heterocycles. The third kappa shape index (κ3) is 1.67. The van der Waals surface area contributed by atoms with Crippen molar-refractivity contribution in [3.63, 3.8) is 0 Å². The molecular formula is C9H9BrO2. The maximum Gasteiger partial charge on any atom is 0.153 e. The lowest BCUT2D eigenvalue weighted by Gasteiger charge is -2.03. The van der Waals surface area contributed by atoms with Gasteiger partial charge in [-0.15, -0.1) is 0 Å². The SMILES string of the molecule is CCc1cc(O)c(C=O)cc1Br. The third-order valence-corrected chi connectivity index (χ3v) is 2.44. The summed E-state index contributed by atoms with van der Waals surface area (Å²) in [6, 6.07) is 3.23. The molecule has 0 radical (unpaired) electrons. The van der Waals surface area contributed by atoms with Crippen LogP contribution < -0.4 is 0 Å². The smallest absolute Gasteiger partial charge is 0.153 e. The van der Waals surface area contributed by atoms with E-state index in [0.29, 0.717) is 11.8 Å². The van der Waals surface area contributed by atoms with E-state index in [0.717, 1.165) is 16.5 Å². The fourth-order valence-corrected chi connectivity index (χ4v) is 1.63. The van der Waals surface area contributed by atoms with Gasteiger partial charge in [0, 0.05) is 4.47 Å². The monoisotopic (exact) mass is 228 g/mol. The van der Waals surface area contributed by atoms with Crippen molar-refractivity contribution in [3.05, 3.63) is 27.7 Å². The largest absolute Gasteiger partial charge is 0.507 e. The molecule has 1 aromatic rings. The van der Waals surface area contributed by atoms with Gasteiger partial charge in [0.25, 0.3) is 0 Å². The number of aldehydes is 1. The van der Waals surface area contributed by atoms with Gasteiger partial charge < -0.3 is 5.11 Å². The number of rotatable bonds is 2. The number of aromatic hydroxyl groups is 1. The molecule has 64 valence electrons. The van der Waals surface area contributed by atoms with Gasteiger partial charge in [-0.05, 0) is 24.1 Å². The molecule has 1 rings (SSSR count). The summed E-state index contributed by atoms with van der Waals surface area (Å²) in [5.74, 6) is 0.0463. The molecule has 0 spiro atoms. The predicted octanol–water partition coefficient (Wildman–Crippen LogP) is 2.53. The second kappa shape index (κ2) is 3.72. The molecule has 0 aromatic heterocycles. The highest BCUT2D eigenvalue weighted by atomic mass is 79.9. The number of carbonyl (C=O) groups excluding carboxylic acids is 1. The number of hydrogen-bond acceptors (Lipinski definition) is 2. The van der Waals surface area contributed by atoms with Crippen molar-refractivity contribution in [3.8, 4) is 5.75 Å². The molecule has 0 atom stereocenters. The van der Waals surface area contributed by atoms with Crippen LogP contribution in [-0.4, -0.2) is 11.4 Å². The molecule has 2 nitrogen and oxygen atoms in total. The van der Waals surface area contributed by atoms with Gasteiger partial charge in [0.15, 0.2) is 6.29 Å². The van der Waals surface area contributed by atoms with E-state index in [-0.39, 0.29) is 5.75 Å². The van der Waals surface area contributed by atoms with E-state index in [1.54, 1.807) is 12.1 Å². The summed E-state index contributed by atoms with van der Waals surface area (Å²) >= 11 is 3.31. The van der Waals surface area contributed by atoms with E-state index >= 15 is 0 Å².